The molecule has 0 radical (unpaired) electrons. The lowest BCUT2D eigenvalue weighted by atomic mass is 10.1. The van der Waals surface area contributed by atoms with Gasteiger partial charge in [0.2, 0.25) is 0 Å². The standard InChI is InChI=1S/C21H27N3O5/c1-12-8-18(14-10-17(25)15(19(22)26)9-16(14)23-12)28-13-6-5-7-24(11-13)20(27)29-21(2,3)4/h8-10,13,25H,5-7,11H2,1-4H3,(H2,22,26)/t13-/m1/s1. The van der Waals surface area contributed by atoms with Crippen LogP contribution in [0.15, 0.2) is 18.2 Å². The summed E-state index contributed by atoms with van der Waals surface area (Å²) < 4.78 is 11.7. The highest BCUT2D eigenvalue weighted by molar-refractivity contribution is 6.00. The summed E-state index contributed by atoms with van der Waals surface area (Å²) in [6.07, 6.45) is 1.00. The van der Waals surface area contributed by atoms with Crippen molar-refractivity contribution >= 4 is 22.9 Å². The zero-order chi connectivity index (χ0) is 21.3. The van der Waals surface area contributed by atoms with Crippen LogP contribution in [0.5, 0.6) is 11.5 Å². The normalized spacial score (nSPS) is 17.2. The summed E-state index contributed by atoms with van der Waals surface area (Å²) >= 11 is 0. The summed E-state index contributed by atoms with van der Waals surface area (Å²) in [5.74, 6) is -0.412. The molecule has 8 heteroatoms. The van der Waals surface area contributed by atoms with Gasteiger partial charge < -0.3 is 25.2 Å². The number of phenols is 1. The average molecular weight is 401 g/mol. The largest absolute Gasteiger partial charge is 0.507 e. The fourth-order valence-electron chi connectivity index (χ4n) is 3.36. The molecular formula is C21H27N3O5. The smallest absolute Gasteiger partial charge is 0.410 e. The van der Waals surface area contributed by atoms with Crippen LogP contribution in [-0.4, -0.2) is 51.8 Å². The molecule has 2 heterocycles. The number of aryl methyl sites for hydroxylation is 1. The van der Waals surface area contributed by atoms with Gasteiger partial charge in [0.25, 0.3) is 5.91 Å². The Bertz CT molecular complexity index is 951. The predicted octanol–water partition coefficient (Wildman–Crippen LogP) is 3.13. The lowest BCUT2D eigenvalue weighted by Crippen LogP contribution is -2.46. The van der Waals surface area contributed by atoms with Crippen LogP contribution in [0.1, 0.15) is 49.7 Å². The maximum absolute atomic E-state index is 12.4. The first-order valence-electron chi connectivity index (χ1n) is 9.62. The van der Waals surface area contributed by atoms with E-state index in [1.54, 1.807) is 11.0 Å². The van der Waals surface area contributed by atoms with E-state index in [-0.39, 0.29) is 23.5 Å². The minimum absolute atomic E-state index is 0.00955. The minimum atomic E-state index is -0.726. The number of primary amides is 1. The Hall–Kier alpha value is -3.03. The molecule has 3 N–H and O–H groups in total. The van der Waals surface area contributed by atoms with E-state index in [0.29, 0.717) is 35.4 Å². The van der Waals surface area contributed by atoms with Gasteiger partial charge in [-0.05, 0) is 52.7 Å². The number of pyridine rings is 1. The van der Waals surface area contributed by atoms with E-state index < -0.39 is 11.5 Å². The van der Waals surface area contributed by atoms with Crippen molar-refractivity contribution in [3.63, 3.8) is 0 Å². The molecule has 3 rings (SSSR count). The number of likely N-dealkylation sites (tertiary alicyclic amines) is 1. The molecule has 29 heavy (non-hydrogen) atoms. The molecule has 0 saturated carbocycles. The molecule has 0 aliphatic carbocycles. The number of benzene rings is 1. The lowest BCUT2D eigenvalue weighted by Gasteiger charge is -2.34. The summed E-state index contributed by atoms with van der Waals surface area (Å²) in [6.45, 7) is 8.35. The summed E-state index contributed by atoms with van der Waals surface area (Å²) in [7, 11) is 0. The number of amides is 2. The SMILES string of the molecule is Cc1cc(O[C@@H]2CCCN(C(=O)OC(C)(C)C)C2)c2cc(O)c(C(N)=O)cc2n1. The highest BCUT2D eigenvalue weighted by Crippen LogP contribution is 2.32. The third kappa shape index (κ3) is 4.88. The number of carbonyl (C=O) groups excluding carboxylic acids is 2. The van der Waals surface area contributed by atoms with Crippen molar-refractivity contribution in [2.24, 2.45) is 5.73 Å². The van der Waals surface area contributed by atoms with E-state index in [4.69, 9.17) is 15.2 Å². The van der Waals surface area contributed by atoms with E-state index >= 15 is 0 Å². The first-order chi connectivity index (χ1) is 13.5. The topological polar surface area (TPSA) is 115 Å². The molecule has 1 aromatic heterocycles. The number of rotatable bonds is 3. The van der Waals surface area contributed by atoms with Gasteiger partial charge in [-0.25, -0.2) is 4.79 Å². The molecule has 1 aromatic carbocycles. The van der Waals surface area contributed by atoms with E-state index in [1.807, 2.05) is 27.7 Å². The third-order valence-corrected chi connectivity index (χ3v) is 4.61. The maximum atomic E-state index is 12.4. The van der Waals surface area contributed by atoms with Gasteiger partial charge >= 0.3 is 6.09 Å². The highest BCUT2D eigenvalue weighted by Gasteiger charge is 2.29. The number of aromatic hydroxyl groups is 1. The van der Waals surface area contributed by atoms with Crippen LogP contribution in [0.2, 0.25) is 0 Å². The van der Waals surface area contributed by atoms with Crippen molar-refractivity contribution in [2.45, 2.75) is 52.2 Å². The van der Waals surface area contributed by atoms with Crippen LogP contribution in [0.25, 0.3) is 10.9 Å². The second kappa shape index (κ2) is 7.77. The number of aromatic nitrogens is 1. The first kappa shape index (κ1) is 20.7. The molecule has 0 spiro atoms. The molecule has 0 bridgehead atoms. The zero-order valence-electron chi connectivity index (χ0n) is 17.2. The van der Waals surface area contributed by atoms with Crippen molar-refractivity contribution in [1.82, 2.24) is 9.88 Å². The van der Waals surface area contributed by atoms with Crippen molar-refractivity contribution in [3.05, 3.63) is 29.5 Å². The summed E-state index contributed by atoms with van der Waals surface area (Å²) in [5, 5.41) is 10.7. The summed E-state index contributed by atoms with van der Waals surface area (Å²) in [6, 6.07) is 4.67. The minimum Gasteiger partial charge on any atom is -0.507 e. The van der Waals surface area contributed by atoms with Gasteiger partial charge in [0, 0.05) is 23.7 Å². The second-order valence-corrected chi connectivity index (χ2v) is 8.32. The molecule has 0 unspecified atom stereocenters. The third-order valence-electron chi connectivity index (χ3n) is 4.61. The lowest BCUT2D eigenvalue weighted by molar-refractivity contribution is 0.00792. The van der Waals surface area contributed by atoms with Gasteiger partial charge in [0.05, 0.1) is 17.6 Å². The number of fused-ring (bicyclic) bond motifs is 1. The maximum Gasteiger partial charge on any atom is 0.410 e. The molecular weight excluding hydrogens is 374 g/mol. The van der Waals surface area contributed by atoms with Gasteiger partial charge in [0.15, 0.2) is 0 Å². The summed E-state index contributed by atoms with van der Waals surface area (Å²) in [5.41, 5.74) is 5.97. The molecule has 1 fully saturated rings. The Kier molecular flexibility index (Phi) is 5.55. The van der Waals surface area contributed by atoms with E-state index in [0.717, 1.165) is 12.8 Å². The average Bonchev–Trinajstić information content (AvgIpc) is 2.60. The molecule has 2 amide bonds. The Labute approximate surface area is 169 Å². The highest BCUT2D eigenvalue weighted by atomic mass is 16.6. The number of ether oxygens (including phenoxy) is 2. The molecule has 1 aliphatic heterocycles. The Morgan fingerprint density at radius 2 is 2.00 bits per heavy atom. The van der Waals surface area contributed by atoms with Gasteiger partial charge in [0.1, 0.15) is 23.2 Å². The Morgan fingerprint density at radius 1 is 1.28 bits per heavy atom. The number of nitrogens with zero attached hydrogens (tertiary/aromatic N) is 2. The molecule has 2 aromatic rings. The fourth-order valence-corrected chi connectivity index (χ4v) is 3.36. The number of nitrogens with two attached hydrogens (primary N) is 1. The molecule has 1 aliphatic rings. The Morgan fingerprint density at radius 3 is 2.66 bits per heavy atom. The number of hydrogen-bond acceptors (Lipinski definition) is 6. The predicted molar refractivity (Wildman–Crippen MR) is 108 cm³/mol. The molecule has 8 nitrogen and oxygen atoms in total. The monoisotopic (exact) mass is 401 g/mol. The summed E-state index contributed by atoms with van der Waals surface area (Å²) in [4.78, 5) is 30.0. The van der Waals surface area contributed by atoms with Crippen molar-refractivity contribution in [2.75, 3.05) is 13.1 Å². The number of carbonyl (C=O) groups is 2. The van der Waals surface area contributed by atoms with Gasteiger partial charge in [-0.2, -0.15) is 0 Å². The number of piperidine rings is 1. The van der Waals surface area contributed by atoms with Crippen LogP contribution in [0.4, 0.5) is 4.79 Å². The van der Waals surface area contributed by atoms with Gasteiger partial charge in [-0.3, -0.25) is 9.78 Å². The molecule has 1 atom stereocenters. The Balaban J connectivity index is 1.85. The number of hydrogen-bond donors (Lipinski definition) is 2. The van der Waals surface area contributed by atoms with Crippen molar-refractivity contribution in [3.8, 4) is 11.5 Å². The first-order valence-corrected chi connectivity index (χ1v) is 9.62. The van der Waals surface area contributed by atoms with E-state index in [2.05, 4.69) is 4.98 Å². The quantitative estimate of drug-likeness (QED) is 0.816. The van der Waals surface area contributed by atoms with Gasteiger partial charge in [-0.15, -0.1) is 0 Å². The van der Waals surface area contributed by atoms with Crippen LogP contribution < -0.4 is 10.5 Å². The zero-order valence-corrected chi connectivity index (χ0v) is 17.2. The van der Waals surface area contributed by atoms with Crippen LogP contribution in [0, 0.1) is 6.92 Å². The fraction of sp³-hybridized carbons (Fsp3) is 0.476. The van der Waals surface area contributed by atoms with Crippen LogP contribution >= 0.6 is 0 Å². The van der Waals surface area contributed by atoms with Crippen molar-refractivity contribution < 1.29 is 24.2 Å². The van der Waals surface area contributed by atoms with Crippen LogP contribution in [-0.2, 0) is 4.74 Å². The van der Waals surface area contributed by atoms with Crippen LogP contribution in [0.3, 0.4) is 0 Å². The second-order valence-electron chi connectivity index (χ2n) is 8.32. The van der Waals surface area contributed by atoms with E-state index in [9.17, 15) is 14.7 Å². The van der Waals surface area contributed by atoms with Crippen molar-refractivity contribution in [1.29, 1.82) is 0 Å². The van der Waals surface area contributed by atoms with Gasteiger partial charge in [-0.1, -0.05) is 0 Å². The molecule has 156 valence electrons. The van der Waals surface area contributed by atoms with E-state index in [1.165, 1.54) is 12.1 Å². The molecule has 1 saturated heterocycles.